The van der Waals surface area contributed by atoms with E-state index in [9.17, 15) is 14.9 Å². The molecule has 1 aliphatic rings. The summed E-state index contributed by atoms with van der Waals surface area (Å²) in [5.41, 5.74) is 0. The molecule has 0 aromatic rings. The van der Waals surface area contributed by atoms with Gasteiger partial charge in [-0.25, -0.2) is 0 Å². The SMILES string of the molecule is CC[C@@H]([C@H]1CCCC(C(=O)OC)C1)[N+](=O)[O-]. The van der Waals surface area contributed by atoms with Gasteiger partial charge in [0.05, 0.1) is 13.0 Å². The summed E-state index contributed by atoms with van der Waals surface area (Å²) >= 11 is 0. The van der Waals surface area contributed by atoms with Crippen LogP contribution in [0.25, 0.3) is 0 Å². The van der Waals surface area contributed by atoms with Gasteiger partial charge in [0, 0.05) is 17.3 Å². The number of hydrogen-bond acceptors (Lipinski definition) is 4. The van der Waals surface area contributed by atoms with Crippen LogP contribution in [0.5, 0.6) is 0 Å². The van der Waals surface area contributed by atoms with Crippen LogP contribution < -0.4 is 0 Å². The Bertz CT molecular complexity index is 267. The molecule has 0 aliphatic heterocycles. The van der Waals surface area contributed by atoms with E-state index in [1.165, 1.54) is 7.11 Å². The van der Waals surface area contributed by atoms with Crippen LogP contribution in [0.4, 0.5) is 0 Å². The van der Waals surface area contributed by atoms with Crippen molar-refractivity contribution in [2.45, 2.75) is 45.1 Å². The molecule has 0 bridgehead atoms. The molecular formula is C11H19NO4. The molecule has 5 nitrogen and oxygen atoms in total. The second-order valence-electron chi connectivity index (χ2n) is 4.41. The standard InChI is InChI=1S/C11H19NO4/c1-3-10(12(14)15)8-5-4-6-9(7-8)11(13)16-2/h8-10H,3-7H2,1-2H3/t8-,9?,10-/m0/s1. The van der Waals surface area contributed by atoms with Gasteiger partial charge in [-0.15, -0.1) is 0 Å². The molecule has 0 saturated heterocycles. The summed E-state index contributed by atoms with van der Waals surface area (Å²) in [6, 6.07) is -0.507. The quantitative estimate of drug-likeness (QED) is 0.420. The Morgan fingerprint density at radius 3 is 2.75 bits per heavy atom. The van der Waals surface area contributed by atoms with Gasteiger partial charge in [-0.2, -0.15) is 0 Å². The van der Waals surface area contributed by atoms with Crippen LogP contribution in [0, 0.1) is 22.0 Å². The van der Waals surface area contributed by atoms with Gasteiger partial charge in [-0.1, -0.05) is 13.3 Å². The second-order valence-corrected chi connectivity index (χ2v) is 4.41. The van der Waals surface area contributed by atoms with Gasteiger partial charge < -0.3 is 4.74 Å². The maximum Gasteiger partial charge on any atom is 0.308 e. The molecule has 0 heterocycles. The highest BCUT2D eigenvalue weighted by Crippen LogP contribution is 2.33. The fraction of sp³-hybridized carbons (Fsp3) is 0.909. The van der Waals surface area contributed by atoms with Crippen molar-refractivity contribution in [2.24, 2.45) is 11.8 Å². The van der Waals surface area contributed by atoms with Gasteiger partial charge in [-0.3, -0.25) is 14.9 Å². The molecule has 1 aliphatic carbocycles. The molecule has 1 rings (SSSR count). The zero-order valence-corrected chi connectivity index (χ0v) is 9.85. The number of carbonyl (C=O) groups excluding carboxylic acids is 1. The molecule has 0 aromatic heterocycles. The molecule has 16 heavy (non-hydrogen) atoms. The summed E-state index contributed by atoms with van der Waals surface area (Å²) < 4.78 is 4.70. The average Bonchev–Trinajstić information content (AvgIpc) is 2.29. The molecule has 0 amide bonds. The average molecular weight is 229 g/mol. The third-order valence-corrected chi connectivity index (χ3v) is 3.48. The molecule has 1 fully saturated rings. The van der Waals surface area contributed by atoms with Crippen molar-refractivity contribution >= 4 is 5.97 Å². The Hall–Kier alpha value is -1.13. The zero-order valence-electron chi connectivity index (χ0n) is 9.85. The van der Waals surface area contributed by atoms with E-state index in [2.05, 4.69) is 0 Å². The van der Waals surface area contributed by atoms with Crippen molar-refractivity contribution in [3.05, 3.63) is 10.1 Å². The summed E-state index contributed by atoms with van der Waals surface area (Å²) in [5, 5.41) is 10.9. The highest BCUT2D eigenvalue weighted by atomic mass is 16.6. The van der Waals surface area contributed by atoms with E-state index in [-0.39, 0.29) is 22.7 Å². The Kier molecular flexibility index (Phi) is 4.71. The lowest BCUT2D eigenvalue weighted by molar-refractivity contribution is -0.533. The normalized spacial score (nSPS) is 27.1. The predicted molar refractivity (Wildman–Crippen MR) is 58.5 cm³/mol. The molecule has 1 saturated carbocycles. The minimum Gasteiger partial charge on any atom is -0.469 e. The van der Waals surface area contributed by atoms with Crippen LogP contribution in [-0.4, -0.2) is 24.0 Å². The zero-order chi connectivity index (χ0) is 12.1. The highest BCUT2D eigenvalue weighted by Gasteiger charge is 2.36. The van der Waals surface area contributed by atoms with Crippen LogP contribution in [0.15, 0.2) is 0 Å². The monoisotopic (exact) mass is 229 g/mol. The van der Waals surface area contributed by atoms with Crippen molar-refractivity contribution in [2.75, 3.05) is 7.11 Å². The van der Waals surface area contributed by atoms with E-state index < -0.39 is 6.04 Å². The Labute approximate surface area is 95.3 Å². The lowest BCUT2D eigenvalue weighted by atomic mass is 9.77. The Morgan fingerprint density at radius 1 is 1.56 bits per heavy atom. The smallest absolute Gasteiger partial charge is 0.308 e. The Balaban J connectivity index is 2.62. The predicted octanol–water partition coefficient (Wildman–Crippen LogP) is 2.02. The van der Waals surface area contributed by atoms with E-state index in [0.717, 1.165) is 19.3 Å². The first-order valence-corrected chi connectivity index (χ1v) is 5.81. The van der Waals surface area contributed by atoms with E-state index in [1.807, 2.05) is 6.92 Å². The lowest BCUT2D eigenvalue weighted by Gasteiger charge is -2.28. The molecule has 92 valence electrons. The van der Waals surface area contributed by atoms with E-state index >= 15 is 0 Å². The Morgan fingerprint density at radius 2 is 2.25 bits per heavy atom. The highest BCUT2D eigenvalue weighted by molar-refractivity contribution is 5.72. The second kappa shape index (κ2) is 5.82. The maximum absolute atomic E-state index is 11.4. The molecular weight excluding hydrogens is 210 g/mol. The summed E-state index contributed by atoms with van der Waals surface area (Å²) in [6.45, 7) is 1.83. The molecule has 3 atom stereocenters. The van der Waals surface area contributed by atoms with Crippen molar-refractivity contribution in [3.63, 3.8) is 0 Å². The molecule has 5 heteroatoms. The minimum absolute atomic E-state index is 0.0258. The molecule has 0 spiro atoms. The fourth-order valence-electron chi connectivity index (χ4n) is 2.61. The van der Waals surface area contributed by atoms with Crippen LogP contribution in [0.3, 0.4) is 0 Å². The molecule has 0 radical (unpaired) electrons. The van der Waals surface area contributed by atoms with E-state index in [0.29, 0.717) is 12.8 Å². The minimum atomic E-state index is -0.507. The summed E-state index contributed by atoms with van der Waals surface area (Å²) in [7, 11) is 1.37. The topological polar surface area (TPSA) is 69.4 Å². The van der Waals surface area contributed by atoms with Crippen molar-refractivity contribution in [1.82, 2.24) is 0 Å². The van der Waals surface area contributed by atoms with Gasteiger partial charge in [0.25, 0.3) is 0 Å². The fourth-order valence-corrected chi connectivity index (χ4v) is 2.61. The van der Waals surface area contributed by atoms with E-state index in [1.54, 1.807) is 0 Å². The number of hydrogen-bond donors (Lipinski definition) is 0. The number of ether oxygens (including phenoxy) is 1. The number of rotatable bonds is 4. The molecule has 1 unspecified atom stereocenters. The first-order valence-electron chi connectivity index (χ1n) is 5.81. The summed E-state index contributed by atoms with van der Waals surface area (Å²) in [5.74, 6) is -0.335. The van der Waals surface area contributed by atoms with Crippen LogP contribution in [0.1, 0.15) is 39.0 Å². The lowest BCUT2D eigenvalue weighted by Crippen LogP contribution is -2.34. The van der Waals surface area contributed by atoms with Gasteiger partial charge >= 0.3 is 5.97 Å². The number of carbonyl (C=O) groups is 1. The van der Waals surface area contributed by atoms with Crippen LogP contribution in [0.2, 0.25) is 0 Å². The van der Waals surface area contributed by atoms with Gasteiger partial charge in [0.1, 0.15) is 0 Å². The van der Waals surface area contributed by atoms with Crippen molar-refractivity contribution in [3.8, 4) is 0 Å². The van der Waals surface area contributed by atoms with Crippen molar-refractivity contribution < 1.29 is 14.5 Å². The van der Waals surface area contributed by atoms with Gasteiger partial charge in [0.15, 0.2) is 0 Å². The van der Waals surface area contributed by atoms with E-state index in [4.69, 9.17) is 4.74 Å². The largest absolute Gasteiger partial charge is 0.469 e. The van der Waals surface area contributed by atoms with Crippen LogP contribution >= 0.6 is 0 Å². The number of nitrogens with zero attached hydrogens (tertiary/aromatic N) is 1. The number of methoxy groups -OCH3 is 1. The summed E-state index contributed by atoms with van der Waals surface area (Å²) in [6.07, 6.45) is 3.68. The summed E-state index contributed by atoms with van der Waals surface area (Å²) in [4.78, 5) is 22.1. The first kappa shape index (κ1) is 12.9. The maximum atomic E-state index is 11.4. The molecule has 0 N–H and O–H groups in total. The third kappa shape index (κ3) is 2.93. The van der Waals surface area contributed by atoms with Gasteiger partial charge in [0.2, 0.25) is 6.04 Å². The molecule has 0 aromatic carbocycles. The number of esters is 1. The van der Waals surface area contributed by atoms with Gasteiger partial charge in [-0.05, 0) is 19.3 Å². The van der Waals surface area contributed by atoms with Crippen LogP contribution in [-0.2, 0) is 9.53 Å². The third-order valence-electron chi connectivity index (χ3n) is 3.48. The van der Waals surface area contributed by atoms with Crippen molar-refractivity contribution in [1.29, 1.82) is 0 Å². The number of nitro groups is 1. The first-order chi connectivity index (χ1) is 7.60.